The quantitative estimate of drug-likeness (QED) is 0.717. The van der Waals surface area contributed by atoms with Crippen LogP contribution in [0.3, 0.4) is 0 Å². The molecule has 1 saturated heterocycles. The molecule has 2 aliphatic rings. The van der Waals surface area contributed by atoms with E-state index in [1.807, 2.05) is 0 Å². The summed E-state index contributed by atoms with van der Waals surface area (Å²) in [6.07, 6.45) is 2.29. The zero-order valence-electron chi connectivity index (χ0n) is 11.6. The first kappa shape index (κ1) is 13.7. The number of quaternary nitrogens is 1. The molecule has 112 valence electrons. The first-order chi connectivity index (χ1) is 10.2. The minimum absolute atomic E-state index is 0.183. The molecule has 0 aromatic heterocycles. The van der Waals surface area contributed by atoms with E-state index in [1.165, 1.54) is 4.90 Å². The summed E-state index contributed by atoms with van der Waals surface area (Å²) in [6, 6.07) is 4.55. The number of hydrogen-bond donors (Lipinski definition) is 3. The Morgan fingerprint density at radius 2 is 1.90 bits per heavy atom. The number of urea groups is 1. The number of hydrogen-bond acceptors (Lipinski definition) is 4. The molecule has 7 nitrogen and oxygen atoms in total. The van der Waals surface area contributed by atoms with Crippen LogP contribution in [0.2, 0.25) is 0 Å². The lowest BCUT2D eigenvalue weighted by atomic mass is 10.3. The third-order valence-electron chi connectivity index (χ3n) is 3.60. The van der Waals surface area contributed by atoms with Gasteiger partial charge in [-0.05, 0) is 12.1 Å². The lowest BCUT2D eigenvalue weighted by Gasteiger charge is -2.11. The van der Waals surface area contributed by atoms with E-state index in [9.17, 15) is 9.59 Å². The Balaban J connectivity index is 1.50. The number of ether oxygens (including phenoxy) is 2. The van der Waals surface area contributed by atoms with E-state index < -0.39 is 6.03 Å². The van der Waals surface area contributed by atoms with Crippen LogP contribution in [0.4, 0.5) is 10.5 Å². The monoisotopic (exact) mass is 292 g/mol. The van der Waals surface area contributed by atoms with Gasteiger partial charge in [-0.2, -0.15) is 0 Å². The second kappa shape index (κ2) is 6.01. The molecule has 7 heteroatoms. The molecule has 2 heterocycles. The molecule has 1 fully saturated rings. The largest absolute Gasteiger partial charge is 0.454 e. The molecule has 1 aromatic rings. The Hall–Kier alpha value is -2.28. The van der Waals surface area contributed by atoms with Gasteiger partial charge >= 0.3 is 6.03 Å². The first-order valence-corrected chi connectivity index (χ1v) is 7.05. The number of carbonyl (C=O) groups is 2. The molecule has 2 aliphatic heterocycles. The van der Waals surface area contributed by atoms with Gasteiger partial charge in [0.15, 0.2) is 18.0 Å². The van der Waals surface area contributed by atoms with Crippen LogP contribution in [0.25, 0.3) is 0 Å². The Bertz CT molecular complexity index is 555. The molecule has 0 atom stereocenters. The topological polar surface area (TPSA) is 81.1 Å². The molecule has 21 heavy (non-hydrogen) atoms. The molecule has 3 rings (SSSR count). The second-order valence-corrected chi connectivity index (χ2v) is 5.20. The van der Waals surface area contributed by atoms with E-state index in [-0.39, 0.29) is 12.7 Å². The molecule has 3 amide bonds. The highest BCUT2D eigenvalue weighted by atomic mass is 16.7. The van der Waals surface area contributed by atoms with E-state index in [0.717, 1.165) is 25.9 Å². The van der Waals surface area contributed by atoms with Gasteiger partial charge in [0.25, 0.3) is 5.91 Å². The highest BCUT2D eigenvalue weighted by Crippen LogP contribution is 2.34. The van der Waals surface area contributed by atoms with Gasteiger partial charge < -0.3 is 19.7 Å². The molecule has 1 aromatic carbocycles. The Morgan fingerprint density at radius 1 is 1.14 bits per heavy atom. The number of benzene rings is 1. The molecular formula is C14H18N3O4+. The van der Waals surface area contributed by atoms with Crippen molar-refractivity contribution in [3.8, 4) is 11.5 Å². The minimum atomic E-state index is -0.530. The highest BCUT2D eigenvalue weighted by molar-refractivity contribution is 6.01. The summed E-state index contributed by atoms with van der Waals surface area (Å²) >= 11 is 0. The average molecular weight is 292 g/mol. The van der Waals surface area contributed by atoms with E-state index in [4.69, 9.17) is 9.47 Å². The number of amides is 3. The van der Waals surface area contributed by atoms with Gasteiger partial charge in [0.2, 0.25) is 6.79 Å². The van der Waals surface area contributed by atoms with Crippen LogP contribution in [-0.4, -0.2) is 38.4 Å². The smallest absolute Gasteiger partial charge is 0.326 e. The predicted molar refractivity (Wildman–Crippen MR) is 74.5 cm³/mol. The summed E-state index contributed by atoms with van der Waals surface area (Å²) in [5, 5.41) is 4.95. The zero-order chi connectivity index (χ0) is 14.7. The maximum atomic E-state index is 11.8. The second-order valence-electron chi connectivity index (χ2n) is 5.20. The van der Waals surface area contributed by atoms with Crippen molar-refractivity contribution in [2.75, 3.05) is 31.7 Å². The maximum Gasteiger partial charge on any atom is 0.326 e. The molecular weight excluding hydrogens is 274 g/mol. The van der Waals surface area contributed by atoms with Crippen molar-refractivity contribution in [2.24, 2.45) is 0 Å². The summed E-state index contributed by atoms with van der Waals surface area (Å²) < 4.78 is 10.4. The Kier molecular flexibility index (Phi) is 3.92. The summed E-state index contributed by atoms with van der Waals surface area (Å²) in [7, 11) is 0. The summed E-state index contributed by atoms with van der Waals surface area (Å²) in [5.41, 5.74) is 0.554. The molecule has 0 radical (unpaired) electrons. The number of fused-ring (bicyclic) bond motifs is 1. The molecule has 3 N–H and O–H groups in total. The van der Waals surface area contributed by atoms with Gasteiger partial charge in [0, 0.05) is 24.6 Å². The van der Waals surface area contributed by atoms with E-state index in [1.54, 1.807) is 18.2 Å². The molecule has 0 spiro atoms. The molecule has 0 saturated carbocycles. The maximum absolute atomic E-state index is 11.8. The van der Waals surface area contributed by atoms with Crippen molar-refractivity contribution in [1.82, 2.24) is 5.32 Å². The molecule has 0 aliphatic carbocycles. The van der Waals surface area contributed by atoms with Crippen LogP contribution in [0.1, 0.15) is 12.8 Å². The van der Waals surface area contributed by atoms with Gasteiger partial charge in [-0.1, -0.05) is 0 Å². The normalized spacial score (nSPS) is 16.8. The Labute approximate surface area is 122 Å². The first-order valence-electron chi connectivity index (χ1n) is 7.05. The van der Waals surface area contributed by atoms with Crippen LogP contribution in [-0.2, 0) is 4.79 Å². The number of carbonyl (C=O) groups excluding carboxylic acids is 2. The van der Waals surface area contributed by atoms with E-state index >= 15 is 0 Å². The number of anilines is 1. The lowest BCUT2D eigenvalue weighted by Crippen LogP contribution is -3.11. The van der Waals surface area contributed by atoms with Gasteiger partial charge in [-0.3, -0.25) is 10.1 Å². The number of nitrogens with one attached hydrogen (secondary N) is 3. The van der Waals surface area contributed by atoms with Crippen LogP contribution < -0.4 is 25.0 Å². The van der Waals surface area contributed by atoms with Crippen molar-refractivity contribution >= 4 is 17.6 Å². The van der Waals surface area contributed by atoms with Gasteiger partial charge in [0.1, 0.15) is 0 Å². The van der Waals surface area contributed by atoms with Crippen molar-refractivity contribution in [3.05, 3.63) is 18.2 Å². The summed E-state index contributed by atoms with van der Waals surface area (Å²) in [6.45, 7) is 2.52. The summed E-state index contributed by atoms with van der Waals surface area (Å²) in [4.78, 5) is 24.7. The highest BCUT2D eigenvalue weighted by Gasteiger charge is 2.20. The minimum Gasteiger partial charge on any atom is -0.454 e. The summed E-state index contributed by atoms with van der Waals surface area (Å²) in [5.74, 6) is 0.973. The third kappa shape index (κ3) is 3.43. The zero-order valence-corrected chi connectivity index (χ0v) is 11.6. The lowest BCUT2D eigenvalue weighted by molar-refractivity contribution is -0.879. The van der Waals surface area contributed by atoms with Gasteiger partial charge in [-0.15, -0.1) is 0 Å². The van der Waals surface area contributed by atoms with Gasteiger partial charge in [0.05, 0.1) is 13.1 Å². The fourth-order valence-electron chi connectivity index (χ4n) is 2.59. The van der Waals surface area contributed by atoms with Crippen LogP contribution in [0.5, 0.6) is 11.5 Å². The molecule has 0 bridgehead atoms. The van der Waals surface area contributed by atoms with Crippen LogP contribution in [0, 0.1) is 0 Å². The van der Waals surface area contributed by atoms with E-state index in [0.29, 0.717) is 23.7 Å². The Morgan fingerprint density at radius 3 is 2.71 bits per heavy atom. The van der Waals surface area contributed by atoms with Crippen molar-refractivity contribution in [2.45, 2.75) is 12.8 Å². The number of imide groups is 1. The third-order valence-corrected chi connectivity index (χ3v) is 3.60. The van der Waals surface area contributed by atoms with Crippen molar-refractivity contribution in [1.29, 1.82) is 0 Å². The van der Waals surface area contributed by atoms with E-state index in [2.05, 4.69) is 10.6 Å². The number of rotatable bonds is 3. The van der Waals surface area contributed by atoms with Crippen LogP contribution in [0.15, 0.2) is 18.2 Å². The van der Waals surface area contributed by atoms with Gasteiger partial charge in [-0.25, -0.2) is 4.79 Å². The fourth-order valence-corrected chi connectivity index (χ4v) is 2.59. The standard InChI is InChI=1S/C14H17N3O4/c18-13(8-17-5-1-2-6-17)16-14(19)15-10-3-4-11-12(7-10)21-9-20-11/h3-4,7H,1-2,5-6,8-9H2,(H2,15,16,18,19)/p+1. The van der Waals surface area contributed by atoms with Crippen LogP contribution >= 0.6 is 0 Å². The fraction of sp³-hybridized carbons (Fsp3) is 0.429. The predicted octanol–water partition coefficient (Wildman–Crippen LogP) is -0.258. The number of likely N-dealkylation sites (tertiary alicyclic amines) is 1. The average Bonchev–Trinajstić information content (AvgIpc) is 3.08. The SMILES string of the molecule is O=C(C[NH+]1CCCC1)NC(=O)Nc1ccc2c(c1)OCO2. The van der Waals surface area contributed by atoms with Crippen molar-refractivity contribution in [3.63, 3.8) is 0 Å². The molecule has 0 unspecified atom stereocenters. The van der Waals surface area contributed by atoms with Crippen molar-refractivity contribution < 1.29 is 24.0 Å².